The third kappa shape index (κ3) is 3.91. The van der Waals surface area contributed by atoms with E-state index in [4.69, 9.17) is 0 Å². The van der Waals surface area contributed by atoms with Gasteiger partial charge in [0, 0.05) is 35.0 Å². The average molecular weight is 440 g/mol. The topological polar surface area (TPSA) is 84.0 Å². The number of aromatic nitrogens is 2. The van der Waals surface area contributed by atoms with E-state index in [0.29, 0.717) is 36.3 Å². The molecule has 2 aromatic rings. The number of anilines is 1. The molecule has 0 amide bonds. The lowest BCUT2D eigenvalue weighted by atomic mass is 9.69. The normalized spacial score (nSPS) is 19.8. The van der Waals surface area contributed by atoms with Crippen LogP contribution in [-0.2, 0) is 11.3 Å². The second-order valence-electron chi connectivity index (χ2n) is 9.69. The third-order valence-electron chi connectivity index (χ3n) is 6.00. The zero-order valence-electron chi connectivity index (χ0n) is 18.7. The maximum Gasteiger partial charge on any atom is 0.329 e. The molecule has 1 aromatic carbocycles. The fourth-order valence-electron chi connectivity index (χ4n) is 4.73. The number of aromatic amines is 1. The SMILES string of the molecule is CSc1ccc(C2C3=C(CC(C)(C)CC3=O)Nc3c2c(=O)[nH]c(=O)n3CC(C)C)cc1. The Morgan fingerprint density at radius 3 is 2.42 bits per heavy atom. The van der Waals surface area contributed by atoms with Gasteiger partial charge in [0.2, 0.25) is 0 Å². The van der Waals surface area contributed by atoms with Crippen molar-refractivity contribution < 1.29 is 4.79 Å². The van der Waals surface area contributed by atoms with Gasteiger partial charge in [-0.2, -0.15) is 0 Å². The number of Topliss-reactive ketones (excluding diaryl/α,β-unsaturated/α-hetero) is 1. The lowest BCUT2D eigenvalue weighted by Crippen LogP contribution is -2.42. The van der Waals surface area contributed by atoms with Gasteiger partial charge >= 0.3 is 5.69 Å². The van der Waals surface area contributed by atoms with E-state index in [2.05, 4.69) is 24.1 Å². The molecule has 2 aliphatic rings. The second-order valence-corrected chi connectivity index (χ2v) is 10.6. The summed E-state index contributed by atoms with van der Waals surface area (Å²) in [7, 11) is 0. The van der Waals surface area contributed by atoms with Crippen LogP contribution >= 0.6 is 11.8 Å². The molecule has 31 heavy (non-hydrogen) atoms. The predicted octanol–water partition coefficient (Wildman–Crippen LogP) is 4.12. The Labute approximate surface area is 186 Å². The Balaban J connectivity index is 2.01. The minimum absolute atomic E-state index is 0.0596. The first kappa shape index (κ1) is 21.7. The molecule has 0 saturated carbocycles. The molecule has 2 N–H and O–H groups in total. The van der Waals surface area contributed by atoms with Crippen LogP contribution in [0.1, 0.15) is 57.6 Å². The molecule has 164 valence electrons. The van der Waals surface area contributed by atoms with Crippen LogP contribution in [0.5, 0.6) is 0 Å². The van der Waals surface area contributed by atoms with Crippen molar-refractivity contribution in [1.29, 1.82) is 0 Å². The Morgan fingerprint density at radius 2 is 1.81 bits per heavy atom. The number of hydrogen-bond acceptors (Lipinski definition) is 5. The molecule has 1 aromatic heterocycles. The summed E-state index contributed by atoms with van der Waals surface area (Å²) in [6.45, 7) is 8.69. The lowest BCUT2D eigenvalue weighted by molar-refractivity contribution is -0.118. The van der Waals surface area contributed by atoms with Crippen LogP contribution in [0.4, 0.5) is 5.82 Å². The van der Waals surface area contributed by atoms with Crippen LogP contribution in [0.25, 0.3) is 0 Å². The van der Waals surface area contributed by atoms with Crippen LogP contribution in [0.15, 0.2) is 50.0 Å². The summed E-state index contributed by atoms with van der Waals surface area (Å²) in [5, 5.41) is 3.36. The van der Waals surface area contributed by atoms with Gasteiger partial charge in [-0.25, -0.2) is 4.79 Å². The third-order valence-corrected chi connectivity index (χ3v) is 6.74. The molecule has 0 spiro atoms. The molecule has 0 radical (unpaired) electrons. The second kappa shape index (κ2) is 7.86. The molecule has 2 heterocycles. The summed E-state index contributed by atoms with van der Waals surface area (Å²) in [5.74, 6) is 0.303. The number of hydrogen-bond donors (Lipinski definition) is 2. The number of benzene rings is 1. The molecule has 7 heteroatoms. The van der Waals surface area contributed by atoms with Crippen molar-refractivity contribution in [3.05, 3.63) is 67.5 Å². The molecule has 0 fully saturated rings. The minimum atomic E-state index is -0.492. The zero-order chi connectivity index (χ0) is 22.5. The van der Waals surface area contributed by atoms with E-state index in [0.717, 1.165) is 16.2 Å². The molecule has 4 rings (SSSR count). The number of nitrogens with one attached hydrogen (secondary N) is 2. The number of carbonyl (C=O) groups excluding carboxylic acids is 1. The van der Waals surface area contributed by atoms with E-state index in [1.807, 2.05) is 44.4 Å². The van der Waals surface area contributed by atoms with Gasteiger partial charge in [0.15, 0.2) is 5.78 Å². The average Bonchev–Trinajstić information content (AvgIpc) is 2.68. The van der Waals surface area contributed by atoms with Crippen LogP contribution in [-0.4, -0.2) is 21.6 Å². The van der Waals surface area contributed by atoms with Gasteiger partial charge in [0.1, 0.15) is 5.82 Å². The minimum Gasteiger partial charge on any atom is -0.344 e. The molecule has 1 unspecified atom stereocenters. The number of nitrogens with zero attached hydrogens (tertiary/aromatic N) is 1. The van der Waals surface area contributed by atoms with E-state index in [1.165, 1.54) is 0 Å². The molecule has 0 bridgehead atoms. The summed E-state index contributed by atoms with van der Waals surface area (Å²) in [6, 6.07) is 8.00. The molecular weight excluding hydrogens is 410 g/mol. The quantitative estimate of drug-likeness (QED) is 0.701. The number of thioether (sulfide) groups is 1. The van der Waals surface area contributed by atoms with E-state index in [1.54, 1.807) is 16.3 Å². The number of fused-ring (bicyclic) bond motifs is 1. The van der Waals surface area contributed by atoms with Crippen molar-refractivity contribution in [1.82, 2.24) is 9.55 Å². The van der Waals surface area contributed by atoms with Gasteiger partial charge in [-0.1, -0.05) is 39.8 Å². The standard InChI is InChI=1S/C24H29N3O3S/c1-13(2)12-27-21-20(22(29)26-23(27)30)18(14-6-8-15(31-5)9-7-14)19-16(25-21)10-24(3,4)11-17(19)28/h6-9,13,18,25H,10-12H2,1-5H3,(H,26,29,30). The van der Waals surface area contributed by atoms with Crippen molar-refractivity contribution in [2.45, 2.75) is 57.9 Å². The van der Waals surface area contributed by atoms with Gasteiger partial charge in [-0.3, -0.25) is 19.1 Å². The number of carbonyl (C=O) groups is 1. The molecule has 0 saturated heterocycles. The van der Waals surface area contributed by atoms with Crippen molar-refractivity contribution in [2.75, 3.05) is 11.6 Å². The van der Waals surface area contributed by atoms with Gasteiger partial charge < -0.3 is 5.32 Å². The predicted molar refractivity (Wildman–Crippen MR) is 125 cm³/mol. The highest BCUT2D eigenvalue weighted by molar-refractivity contribution is 7.98. The molecule has 1 aliphatic carbocycles. The Bertz CT molecular complexity index is 1190. The van der Waals surface area contributed by atoms with Gasteiger partial charge in [0.25, 0.3) is 5.56 Å². The highest BCUT2D eigenvalue weighted by atomic mass is 32.2. The largest absolute Gasteiger partial charge is 0.344 e. The Hall–Kier alpha value is -2.54. The molecule has 1 aliphatic heterocycles. The van der Waals surface area contributed by atoms with Gasteiger partial charge in [-0.05, 0) is 41.7 Å². The maximum atomic E-state index is 13.3. The van der Waals surface area contributed by atoms with Gasteiger partial charge in [-0.15, -0.1) is 11.8 Å². The number of ketones is 1. The monoisotopic (exact) mass is 439 g/mol. The molecular formula is C24H29N3O3S. The number of rotatable bonds is 4. The van der Waals surface area contributed by atoms with Crippen LogP contribution in [0.2, 0.25) is 0 Å². The summed E-state index contributed by atoms with van der Waals surface area (Å²) in [4.78, 5) is 42.7. The smallest absolute Gasteiger partial charge is 0.329 e. The molecule has 6 nitrogen and oxygen atoms in total. The summed E-state index contributed by atoms with van der Waals surface area (Å²) in [5.41, 5.74) is 1.78. The first-order chi connectivity index (χ1) is 14.6. The number of H-pyrrole nitrogens is 1. The van der Waals surface area contributed by atoms with Crippen molar-refractivity contribution in [3.63, 3.8) is 0 Å². The first-order valence-corrected chi connectivity index (χ1v) is 11.9. The van der Waals surface area contributed by atoms with E-state index < -0.39 is 17.2 Å². The lowest BCUT2D eigenvalue weighted by Gasteiger charge is -2.39. The summed E-state index contributed by atoms with van der Waals surface area (Å²) < 4.78 is 1.61. The van der Waals surface area contributed by atoms with Crippen molar-refractivity contribution in [2.24, 2.45) is 11.3 Å². The molecule has 1 atom stereocenters. The maximum absolute atomic E-state index is 13.3. The number of allylic oxidation sites excluding steroid dienone is 2. The summed E-state index contributed by atoms with van der Waals surface area (Å²) in [6.07, 6.45) is 3.14. The van der Waals surface area contributed by atoms with E-state index in [9.17, 15) is 14.4 Å². The Kier molecular flexibility index (Phi) is 5.50. The van der Waals surface area contributed by atoms with Crippen LogP contribution in [0.3, 0.4) is 0 Å². The van der Waals surface area contributed by atoms with Crippen LogP contribution < -0.4 is 16.6 Å². The van der Waals surface area contributed by atoms with Crippen LogP contribution in [0, 0.1) is 11.3 Å². The van der Waals surface area contributed by atoms with Gasteiger partial charge in [0.05, 0.1) is 5.56 Å². The van der Waals surface area contributed by atoms with E-state index >= 15 is 0 Å². The fourth-order valence-corrected chi connectivity index (χ4v) is 5.13. The first-order valence-electron chi connectivity index (χ1n) is 10.7. The zero-order valence-corrected chi connectivity index (χ0v) is 19.5. The fraction of sp³-hybridized carbons (Fsp3) is 0.458. The highest BCUT2D eigenvalue weighted by Crippen LogP contribution is 2.47. The van der Waals surface area contributed by atoms with Crippen molar-refractivity contribution in [3.8, 4) is 0 Å². The summed E-state index contributed by atoms with van der Waals surface area (Å²) >= 11 is 1.64. The highest BCUT2D eigenvalue weighted by Gasteiger charge is 2.42. The Morgan fingerprint density at radius 1 is 1.13 bits per heavy atom. The van der Waals surface area contributed by atoms with E-state index in [-0.39, 0.29) is 17.1 Å². The van der Waals surface area contributed by atoms with Crippen molar-refractivity contribution >= 4 is 23.4 Å².